The van der Waals surface area contributed by atoms with E-state index in [0.717, 1.165) is 32.4 Å². The highest BCUT2D eigenvalue weighted by Crippen LogP contribution is 2.23. The molecule has 5 nitrogen and oxygen atoms in total. The minimum absolute atomic E-state index is 0. The van der Waals surface area contributed by atoms with Crippen LogP contribution in [0.4, 0.5) is 0 Å². The molecule has 0 radical (unpaired) electrons. The lowest BCUT2D eigenvalue weighted by molar-refractivity contribution is -0.130. The Morgan fingerprint density at radius 1 is 1.29 bits per heavy atom. The SMILES string of the molecule is CN=C(NCC(=O)N1CCc2sccc2C1)NC(C)CCc1ccccc1.I. The number of aryl methyl sites for hydroxylation is 1. The second kappa shape index (κ2) is 11.4. The van der Waals surface area contributed by atoms with E-state index in [2.05, 4.69) is 58.3 Å². The van der Waals surface area contributed by atoms with Gasteiger partial charge in [0.2, 0.25) is 5.91 Å². The molecule has 0 bridgehead atoms. The molecule has 2 heterocycles. The number of fused-ring (bicyclic) bond motifs is 1. The molecule has 1 aromatic carbocycles. The van der Waals surface area contributed by atoms with E-state index in [1.807, 2.05) is 11.0 Å². The predicted octanol–water partition coefficient (Wildman–Crippen LogP) is 3.44. The Morgan fingerprint density at radius 2 is 2.07 bits per heavy atom. The third-order valence-corrected chi connectivity index (χ3v) is 5.91. The van der Waals surface area contributed by atoms with Gasteiger partial charge in [-0.2, -0.15) is 0 Å². The molecule has 0 fully saturated rings. The van der Waals surface area contributed by atoms with Crippen LogP contribution in [-0.4, -0.2) is 42.9 Å². The number of nitrogens with one attached hydrogen (secondary N) is 2. The second-order valence-corrected chi connectivity index (χ2v) is 7.93. The molecular formula is C21H29IN4OS. The first-order chi connectivity index (χ1) is 13.2. The average molecular weight is 512 g/mol. The number of carbonyl (C=O) groups excluding carboxylic acids is 1. The van der Waals surface area contributed by atoms with Gasteiger partial charge in [0.25, 0.3) is 0 Å². The summed E-state index contributed by atoms with van der Waals surface area (Å²) in [5.41, 5.74) is 2.62. The van der Waals surface area contributed by atoms with Gasteiger partial charge in [-0.25, -0.2) is 0 Å². The van der Waals surface area contributed by atoms with Crippen LogP contribution in [0.2, 0.25) is 0 Å². The first-order valence-electron chi connectivity index (χ1n) is 9.50. The summed E-state index contributed by atoms with van der Waals surface area (Å²) in [6.07, 6.45) is 2.98. The standard InChI is InChI=1S/C21H28N4OS.HI/c1-16(8-9-17-6-4-3-5-7-17)24-21(22-2)23-14-20(26)25-12-10-19-18(15-25)11-13-27-19;/h3-7,11,13,16H,8-10,12,14-15H2,1-2H3,(H2,22,23,24);1H. The molecule has 1 unspecified atom stereocenters. The monoisotopic (exact) mass is 512 g/mol. The molecule has 0 aliphatic carbocycles. The fourth-order valence-electron chi connectivity index (χ4n) is 3.26. The largest absolute Gasteiger partial charge is 0.354 e. The van der Waals surface area contributed by atoms with Crippen molar-refractivity contribution in [2.24, 2.45) is 4.99 Å². The summed E-state index contributed by atoms with van der Waals surface area (Å²) in [5.74, 6) is 0.795. The fourth-order valence-corrected chi connectivity index (χ4v) is 4.15. The van der Waals surface area contributed by atoms with Crippen molar-refractivity contribution in [3.8, 4) is 0 Å². The first kappa shape index (κ1) is 22.7. The van der Waals surface area contributed by atoms with Gasteiger partial charge in [-0.05, 0) is 48.8 Å². The maximum atomic E-state index is 12.5. The van der Waals surface area contributed by atoms with E-state index in [1.54, 1.807) is 18.4 Å². The van der Waals surface area contributed by atoms with E-state index < -0.39 is 0 Å². The quantitative estimate of drug-likeness (QED) is 0.354. The molecular weight excluding hydrogens is 483 g/mol. The minimum Gasteiger partial charge on any atom is -0.354 e. The third-order valence-electron chi connectivity index (χ3n) is 4.88. The number of amides is 1. The van der Waals surface area contributed by atoms with Crippen molar-refractivity contribution in [2.75, 3.05) is 20.1 Å². The molecule has 152 valence electrons. The highest BCUT2D eigenvalue weighted by Gasteiger charge is 2.21. The van der Waals surface area contributed by atoms with Gasteiger partial charge in [-0.15, -0.1) is 35.3 Å². The van der Waals surface area contributed by atoms with E-state index in [1.165, 1.54) is 16.0 Å². The summed E-state index contributed by atoms with van der Waals surface area (Å²) in [6.45, 7) is 3.93. The number of halogens is 1. The molecule has 3 rings (SSSR count). The van der Waals surface area contributed by atoms with Gasteiger partial charge in [0.15, 0.2) is 5.96 Å². The van der Waals surface area contributed by atoms with Crippen LogP contribution >= 0.6 is 35.3 Å². The Morgan fingerprint density at radius 3 is 2.82 bits per heavy atom. The topological polar surface area (TPSA) is 56.7 Å². The van der Waals surface area contributed by atoms with Crippen LogP contribution in [0.3, 0.4) is 0 Å². The van der Waals surface area contributed by atoms with Gasteiger partial charge >= 0.3 is 0 Å². The maximum Gasteiger partial charge on any atom is 0.242 e. The zero-order valence-electron chi connectivity index (χ0n) is 16.5. The average Bonchev–Trinajstić information content (AvgIpc) is 3.18. The van der Waals surface area contributed by atoms with Crippen molar-refractivity contribution >= 4 is 47.2 Å². The number of rotatable bonds is 6. The number of nitrogens with zero attached hydrogens (tertiary/aromatic N) is 2. The number of hydrogen-bond acceptors (Lipinski definition) is 3. The first-order valence-corrected chi connectivity index (χ1v) is 10.4. The third kappa shape index (κ3) is 6.48. The zero-order chi connectivity index (χ0) is 19.1. The van der Waals surface area contributed by atoms with Crippen molar-refractivity contribution < 1.29 is 4.79 Å². The molecule has 1 aromatic heterocycles. The van der Waals surface area contributed by atoms with E-state index in [0.29, 0.717) is 5.96 Å². The van der Waals surface area contributed by atoms with Crippen LogP contribution < -0.4 is 10.6 Å². The fraction of sp³-hybridized carbons (Fsp3) is 0.429. The van der Waals surface area contributed by atoms with Crippen LogP contribution in [0.1, 0.15) is 29.3 Å². The number of benzene rings is 1. The lowest BCUT2D eigenvalue weighted by Crippen LogP contribution is -2.47. The Labute approximate surface area is 188 Å². The van der Waals surface area contributed by atoms with E-state index in [-0.39, 0.29) is 42.5 Å². The van der Waals surface area contributed by atoms with Crippen LogP contribution in [0, 0.1) is 0 Å². The van der Waals surface area contributed by atoms with Crippen LogP contribution in [-0.2, 0) is 24.2 Å². The smallest absolute Gasteiger partial charge is 0.242 e. The van der Waals surface area contributed by atoms with Gasteiger partial charge in [0.05, 0.1) is 6.54 Å². The molecule has 0 spiro atoms. The minimum atomic E-state index is 0. The van der Waals surface area contributed by atoms with Gasteiger partial charge in [-0.3, -0.25) is 9.79 Å². The second-order valence-electron chi connectivity index (χ2n) is 6.93. The van der Waals surface area contributed by atoms with E-state index in [4.69, 9.17) is 0 Å². The van der Waals surface area contributed by atoms with Crippen molar-refractivity contribution in [3.05, 3.63) is 57.8 Å². The lowest BCUT2D eigenvalue weighted by atomic mass is 10.1. The molecule has 1 amide bonds. The van der Waals surface area contributed by atoms with Crippen LogP contribution in [0.25, 0.3) is 0 Å². The van der Waals surface area contributed by atoms with Gasteiger partial charge < -0.3 is 15.5 Å². The van der Waals surface area contributed by atoms with Crippen molar-refractivity contribution in [1.29, 1.82) is 0 Å². The Bertz CT molecular complexity index is 778. The van der Waals surface area contributed by atoms with Crippen LogP contribution in [0.15, 0.2) is 46.8 Å². The number of guanidine groups is 1. The molecule has 2 N–H and O–H groups in total. The van der Waals surface area contributed by atoms with E-state index in [9.17, 15) is 4.79 Å². The summed E-state index contributed by atoms with van der Waals surface area (Å²) in [5, 5.41) is 8.65. The molecule has 7 heteroatoms. The molecule has 1 atom stereocenters. The molecule has 28 heavy (non-hydrogen) atoms. The highest BCUT2D eigenvalue weighted by atomic mass is 127. The molecule has 1 aliphatic rings. The number of hydrogen-bond donors (Lipinski definition) is 2. The van der Waals surface area contributed by atoms with Crippen LogP contribution in [0.5, 0.6) is 0 Å². The molecule has 1 aliphatic heterocycles. The van der Waals surface area contributed by atoms with Crippen molar-refractivity contribution in [2.45, 2.75) is 38.8 Å². The van der Waals surface area contributed by atoms with Gasteiger partial charge in [0, 0.05) is 31.1 Å². The molecule has 2 aromatic rings. The maximum absolute atomic E-state index is 12.5. The zero-order valence-corrected chi connectivity index (χ0v) is 19.6. The summed E-state index contributed by atoms with van der Waals surface area (Å²) in [4.78, 5) is 20.1. The summed E-state index contributed by atoms with van der Waals surface area (Å²) in [6, 6.07) is 12.9. The molecule has 0 saturated carbocycles. The summed E-state index contributed by atoms with van der Waals surface area (Å²) in [7, 11) is 1.74. The number of thiophene rings is 1. The lowest BCUT2D eigenvalue weighted by Gasteiger charge is -2.27. The normalized spacial score (nSPS) is 14.6. The van der Waals surface area contributed by atoms with Gasteiger partial charge in [-0.1, -0.05) is 30.3 Å². The van der Waals surface area contributed by atoms with Crippen molar-refractivity contribution in [3.63, 3.8) is 0 Å². The Balaban J connectivity index is 0.00000280. The van der Waals surface area contributed by atoms with Gasteiger partial charge in [0.1, 0.15) is 0 Å². The Kier molecular flexibility index (Phi) is 9.24. The molecule has 0 saturated heterocycles. The van der Waals surface area contributed by atoms with Crippen molar-refractivity contribution in [1.82, 2.24) is 15.5 Å². The highest BCUT2D eigenvalue weighted by molar-refractivity contribution is 14.0. The predicted molar refractivity (Wildman–Crippen MR) is 128 cm³/mol. The number of aliphatic imine (C=N–C) groups is 1. The van der Waals surface area contributed by atoms with E-state index >= 15 is 0 Å². The summed E-state index contributed by atoms with van der Waals surface area (Å²) < 4.78 is 0. The Hall–Kier alpha value is -1.61. The summed E-state index contributed by atoms with van der Waals surface area (Å²) >= 11 is 1.79. The number of carbonyl (C=O) groups is 1.